The first-order valence-electron chi connectivity index (χ1n) is 11.6. The summed E-state index contributed by atoms with van der Waals surface area (Å²) in [6.45, 7) is 0.409. The third kappa shape index (κ3) is 3.62. The van der Waals surface area contributed by atoms with Crippen LogP contribution < -0.4 is 5.32 Å². The number of benzene rings is 2. The molecule has 0 radical (unpaired) electrons. The van der Waals surface area contributed by atoms with Crippen LogP contribution in [0.5, 0.6) is 0 Å². The van der Waals surface area contributed by atoms with Crippen molar-refractivity contribution >= 4 is 18.0 Å². The third-order valence-corrected chi connectivity index (χ3v) is 7.39. The molecule has 5 rings (SSSR count). The van der Waals surface area contributed by atoms with Gasteiger partial charge in [0.2, 0.25) is 5.91 Å². The smallest absolute Gasteiger partial charge is 0.407 e. The second kappa shape index (κ2) is 8.76. The predicted octanol–water partition coefficient (Wildman–Crippen LogP) is 3.01. The molecule has 0 aromatic heterocycles. The van der Waals surface area contributed by atoms with E-state index in [0.717, 1.165) is 35.1 Å². The molecule has 2 aliphatic carbocycles. The number of carbonyl (C=O) groups is 3. The number of aliphatic carboxylic acids is 1. The zero-order chi connectivity index (χ0) is 23.9. The summed E-state index contributed by atoms with van der Waals surface area (Å²) >= 11 is 0. The van der Waals surface area contributed by atoms with Gasteiger partial charge in [-0.2, -0.15) is 0 Å². The number of carboxylic acids is 1. The summed E-state index contributed by atoms with van der Waals surface area (Å²) in [6, 6.07) is 15.1. The summed E-state index contributed by atoms with van der Waals surface area (Å²) in [5, 5.41) is 12.4. The molecule has 178 valence electrons. The Hall–Kier alpha value is -3.39. The van der Waals surface area contributed by atoms with E-state index < -0.39 is 29.6 Å². The van der Waals surface area contributed by atoms with Crippen LogP contribution in [0.15, 0.2) is 48.5 Å². The van der Waals surface area contributed by atoms with Crippen molar-refractivity contribution in [1.82, 2.24) is 10.2 Å². The number of amides is 2. The van der Waals surface area contributed by atoms with E-state index >= 15 is 0 Å². The highest BCUT2D eigenvalue weighted by Crippen LogP contribution is 2.54. The fourth-order valence-corrected chi connectivity index (χ4v) is 5.68. The molecule has 2 aromatic carbocycles. The second-order valence-electron chi connectivity index (χ2n) is 9.24. The number of carboxylic acid groups (broad SMARTS) is 1. The number of fused-ring (bicyclic) bond motifs is 4. The van der Waals surface area contributed by atoms with Crippen molar-refractivity contribution in [2.45, 2.75) is 36.8 Å². The molecule has 2 amide bonds. The summed E-state index contributed by atoms with van der Waals surface area (Å²) < 4.78 is 10.7. The number of alkyl carbamates (subject to hydrolysis) is 1. The fourth-order valence-electron chi connectivity index (χ4n) is 5.68. The number of hydrogen-bond acceptors (Lipinski definition) is 5. The van der Waals surface area contributed by atoms with Gasteiger partial charge < -0.3 is 24.8 Å². The molecule has 1 aliphatic heterocycles. The SMILES string of the molecule is COCC(NC(=O)OCC1c2ccccc2-c2ccccc21)C(=O)N1CCCC2CC21C(=O)O. The molecule has 0 bridgehead atoms. The van der Waals surface area contributed by atoms with Crippen LogP contribution in [0.25, 0.3) is 11.1 Å². The molecule has 2 fully saturated rings. The first-order valence-corrected chi connectivity index (χ1v) is 11.6. The van der Waals surface area contributed by atoms with Crippen molar-refractivity contribution in [1.29, 1.82) is 0 Å². The average Bonchev–Trinajstić information content (AvgIpc) is 3.53. The van der Waals surface area contributed by atoms with E-state index in [1.807, 2.05) is 36.4 Å². The molecule has 1 saturated carbocycles. The van der Waals surface area contributed by atoms with Crippen LogP contribution in [0.3, 0.4) is 0 Å². The largest absolute Gasteiger partial charge is 0.479 e. The Morgan fingerprint density at radius 3 is 2.38 bits per heavy atom. The van der Waals surface area contributed by atoms with Crippen molar-refractivity contribution in [2.75, 3.05) is 26.9 Å². The van der Waals surface area contributed by atoms with Crippen LogP contribution in [0.1, 0.15) is 36.3 Å². The molecule has 3 atom stereocenters. The molecule has 1 saturated heterocycles. The minimum atomic E-state index is -1.15. The second-order valence-corrected chi connectivity index (χ2v) is 9.24. The van der Waals surface area contributed by atoms with E-state index in [4.69, 9.17) is 9.47 Å². The Bertz CT molecular complexity index is 1090. The average molecular weight is 465 g/mol. The molecule has 34 heavy (non-hydrogen) atoms. The summed E-state index contributed by atoms with van der Waals surface area (Å²) in [4.78, 5) is 39.4. The van der Waals surface area contributed by atoms with Crippen LogP contribution in [0, 0.1) is 5.92 Å². The number of carbonyl (C=O) groups excluding carboxylic acids is 2. The van der Waals surface area contributed by atoms with Gasteiger partial charge in [-0.3, -0.25) is 4.79 Å². The summed E-state index contributed by atoms with van der Waals surface area (Å²) in [5.41, 5.74) is 3.30. The highest BCUT2D eigenvalue weighted by Gasteiger charge is 2.67. The summed E-state index contributed by atoms with van der Waals surface area (Å²) in [6.07, 6.45) is 1.27. The monoisotopic (exact) mass is 464 g/mol. The van der Waals surface area contributed by atoms with E-state index in [2.05, 4.69) is 17.4 Å². The van der Waals surface area contributed by atoms with Crippen LogP contribution in [0.4, 0.5) is 4.79 Å². The number of likely N-dealkylation sites (tertiary alicyclic amines) is 1. The van der Waals surface area contributed by atoms with Gasteiger partial charge >= 0.3 is 12.1 Å². The highest BCUT2D eigenvalue weighted by molar-refractivity contribution is 5.94. The van der Waals surface area contributed by atoms with Gasteiger partial charge in [-0.25, -0.2) is 9.59 Å². The predicted molar refractivity (Wildman–Crippen MR) is 123 cm³/mol. The zero-order valence-electron chi connectivity index (χ0n) is 19.0. The van der Waals surface area contributed by atoms with E-state index in [0.29, 0.717) is 13.0 Å². The molecule has 8 nitrogen and oxygen atoms in total. The lowest BCUT2D eigenvalue weighted by Gasteiger charge is -2.36. The molecule has 3 unspecified atom stereocenters. The number of rotatable bonds is 7. The standard InChI is InChI=1S/C26H28N2O6/c1-33-15-22(23(29)28-12-6-7-16-13-26(16,28)24(30)31)27-25(32)34-14-21-19-10-4-2-8-17(19)18-9-3-5-11-20(18)21/h2-5,8-11,16,21-22H,6-7,12-15H2,1H3,(H,27,32)(H,30,31). The van der Waals surface area contributed by atoms with Gasteiger partial charge in [0.1, 0.15) is 18.2 Å². The third-order valence-electron chi connectivity index (χ3n) is 7.39. The van der Waals surface area contributed by atoms with Gasteiger partial charge in [0.05, 0.1) is 6.61 Å². The van der Waals surface area contributed by atoms with E-state index in [1.165, 1.54) is 12.0 Å². The number of piperidine rings is 1. The van der Waals surface area contributed by atoms with Gasteiger partial charge in [0, 0.05) is 19.6 Å². The fraction of sp³-hybridized carbons (Fsp3) is 0.423. The van der Waals surface area contributed by atoms with E-state index in [-0.39, 0.29) is 25.0 Å². The molecule has 2 N–H and O–H groups in total. The lowest BCUT2D eigenvalue weighted by molar-refractivity contribution is -0.156. The Morgan fingerprint density at radius 2 is 1.76 bits per heavy atom. The first-order chi connectivity index (χ1) is 16.5. The Balaban J connectivity index is 1.27. The van der Waals surface area contributed by atoms with E-state index in [1.54, 1.807) is 0 Å². The minimum absolute atomic E-state index is 0.0275. The summed E-state index contributed by atoms with van der Waals surface area (Å²) in [7, 11) is 1.43. The maximum atomic E-state index is 13.3. The number of nitrogens with one attached hydrogen (secondary N) is 1. The minimum Gasteiger partial charge on any atom is -0.479 e. The van der Waals surface area contributed by atoms with Gasteiger partial charge in [-0.05, 0) is 47.4 Å². The van der Waals surface area contributed by atoms with Gasteiger partial charge in [0.25, 0.3) is 0 Å². The maximum Gasteiger partial charge on any atom is 0.407 e. The van der Waals surface area contributed by atoms with Gasteiger partial charge in [-0.15, -0.1) is 0 Å². The Labute approximate surface area is 197 Å². The van der Waals surface area contributed by atoms with Crippen molar-refractivity contribution in [3.63, 3.8) is 0 Å². The normalized spacial score (nSPS) is 23.3. The molecule has 8 heteroatoms. The number of methoxy groups -OCH3 is 1. The Kier molecular flexibility index (Phi) is 5.77. The zero-order valence-corrected chi connectivity index (χ0v) is 19.0. The van der Waals surface area contributed by atoms with Crippen LogP contribution in [-0.4, -0.2) is 66.4 Å². The number of ether oxygens (including phenoxy) is 2. The lowest BCUT2D eigenvalue weighted by Crippen LogP contribution is -2.58. The lowest BCUT2D eigenvalue weighted by atomic mass is 9.98. The highest BCUT2D eigenvalue weighted by atomic mass is 16.5. The number of hydrogen-bond donors (Lipinski definition) is 2. The topological polar surface area (TPSA) is 105 Å². The van der Waals surface area contributed by atoms with Crippen LogP contribution in [-0.2, 0) is 19.1 Å². The molecular weight excluding hydrogens is 436 g/mol. The van der Waals surface area contributed by atoms with Crippen molar-refractivity contribution in [3.8, 4) is 11.1 Å². The van der Waals surface area contributed by atoms with Crippen LogP contribution >= 0.6 is 0 Å². The van der Waals surface area contributed by atoms with Crippen LogP contribution in [0.2, 0.25) is 0 Å². The van der Waals surface area contributed by atoms with Gasteiger partial charge in [0.15, 0.2) is 0 Å². The molecule has 0 spiro atoms. The molecular formula is C26H28N2O6. The molecule has 1 heterocycles. The van der Waals surface area contributed by atoms with E-state index in [9.17, 15) is 19.5 Å². The number of nitrogens with zero attached hydrogens (tertiary/aromatic N) is 1. The quantitative estimate of drug-likeness (QED) is 0.653. The maximum absolute atomic E-state index is 13.3. The van der Waals surface area contributed by atoms with Crippen molar-refractivity contribution in [3.05, 3.63) is 59.7 Å². The summed E-state index contributed by atoms with van der Waals surface area (Å²) in [5.74, 6) is -1.55. The van der Waals surface area contributed by atoms with Crippen molar-refractivity contribution < 1.29 is 29.0 Å². The van der Waals surface area contributed by atoms with Gasteiger partial charge in [-0.1, -0.05) is 48.5 Å². The molecule has 3 aliphatic rings. The van der Waals surface area contributed by atoms with Crippen molar-refractivity contribution in [2.24, 2.45) is 5.92 Å². The molecule has 2 aromatic rings. The Morgan fingerprint density at radius 1 is 1.12 bits per heavy atom. The first kappa shape index (κ1) is 22.4.